The molecule has 2 fully saturated rings. The van der Waals surface area contributed by atoms with Crippen molar-refractivity contribution in [3.8, 4) is 0 Å². The molecule has 0 aromatic heterocycles. The molecule has 9 heteroatoms. The van der Waals surface area contributed by atoms with Gasteiger partial charge in [0, 0.05) is 32.1 Å². The number of amides is 1. The van der Waals surface area contributed by atoms with E-state index in [-0.39, 0.29) is 42.8 Å². The summed E-state index contributed by atoms with van der Waals surface area (Å²) in [5.74, 6) is -0.472. The highest BCUT2D eigenvalue weighted by atomic mass is 32.2. The molecule has 2 aliphatic rings. The minimum atomic E-state index is -3.63. The van der Waals surface area contributed by atoms with Crippen molar-refractivity contribution < 1.29 is 21.6 Å². The van der Waals surface area contributed by atoms with E-state index in [4.69, 9.17) is 0 Å². The van der Waals surface area contributed by atoms with Crippen molar-refractivity contribution >= 4 is 25.8 Å². The van der Waals surface area contributed by atoms with Crippen molar-refractivity contribution in [3.63, 3.8) is 0 Å². The number of carbonyl (C=O) groups excluding carboxylic acids is 1. The van der Waals surface area contributed by atoms with Crippen molar-refractivity contribution in [2.45, 2.75) is 38.0 Å². The number of carbonyl (C=O) groups is 1. The maximum absolute atomic E-state index is 12.9. The molecule has 2 heterocycles. The third-order valence-corrected chi connectivity index (χ3v) is 9.99. The molecule has 1 atom stereocenters. The molecule has 0 spiro atoms. The number of hydrogen-bond donors (Lipinski definition) is 0. The SMILES string of the molecule is CCN(Cc1ccccc1)C(=O)C1CCN(S(=O)(=O)C2CCS(=O)(=O)C2)CC1. The van der Waals surface area contributed by atoms with Crippen LogP contribution in [0.3, 0.4) is 0 Å². The van der Waals surface area contributed by atoms with E-state index in [2.05, 4.69) is 0 Å². The third-order valence-electron chi connectivity index (χ3n) is 5.68. The van der Waals surface area contributed by atoms with Gasteiger partial charge in [-0.2, -0.15) is 0 Å². The average Bonchev–Trinajstić information content (AvgIpc) is 3.07. The van der Waals surface area contributed by atoms with E-state index in [9.17, 15) is 21.6 Å². The summed E-state index contributed by atoms with van der Waals surface area (Å²) in [7, 11) is -6.88. The average molecular weight is 429 g/mol. The molecule has 1 amide bonds. The first-order valence-electron chi connectivity index (χ1n) is 9.75. The monoisotopic (exact) mass is 428 g/mol. The van der Waals surface area contributed by atoms with E-state index < -0.39 is 25.1 Å². The van der Waals surface area contributed by atoms with E-state index in [0.717, 1.165) is 5.56 Å². The molecular formula is C19H28N2O5S2. The molecule has 0 N–H and O–H groups in total. The highest BCUT2D eigenvalue weighted by Gasteiger charge is 2.42. The van der Waals surface area contributed by atoms with Gasteiger partial charge in [-0.05, 0) is 31.7 Å². The second-order valence-electron chi connectivity index (χ2n) is 7.58. The number of benzene rings is 1. The van der Waals surface area contributed by atoms with Gasteiger partial charge in [-0.3, -0.25) is 4.79 Å². The minimum Gasteiger partial charge on any atom is -0.338 e. The Kier molecular flexibility index (Phi) is 6.46. The summed E-state index contributed by atoms with van der Waals surface area (Å²) < 4.78 is 50.2. The Morgan fingerprint density at radius 2 is 1.79 bits per heavy atom. The number of hydrogen-bond acceptors (Lipinski definition) is 5. The molecular weight excluding hydrogens is 400 g/mol. The van der Waals surface area contributed by atoms with E-state index in [1.54, 1.807) is 0 Å². The van der Waals surface area contributed by atoms with Gasteiger partial charge in [0.2, 0.25) is 15.9 Å². The molecule has 3 rings (SSSR count). The normalized spacial score (nSPS) is 23.5. The summed E-state index contributed by atoms with van der Waals surface area (Å²) in [6, 6.07) is 9.80. The zero-order chi connectivity index (χ0) is 20.4. The van der Waals surface area contributed by atoms with Gasteiger partial charge in [-0.25, -0.2) is 21.1 Å². The predicted octanol–water partition coefficient (Wildman–Crippen LogP) is 1.26. The van der Waals surface area contributed by atoms with Gasteiger partial charge in [-0.1, -0.05) is 30.3 Å². The second-order valence-corrected chi connectivity index (χ2v) is 12.0. The second kappa shape index (κ2) is 8.51. The highest BCUT2D eigenvalue weighted by Crippen LogP contribution is 2.27. The topological polar surface area (TPSA) is 91.8 Å². The van der Waals surface area contributed by atoms with Crippen molar-refractivity contribution in [3.05, 3.63) is 35.9 Å². The van der Waals surface area contributed by atoms with Crippen LogP contribution in [-0.4, -0.2) is 68.3 Å². The molecule has 0 aliphatic carbocycles. The van der Waals surface area contributed by atoms with Crippen LogP contribution in [0.15, 0.2) is 30.3 Å². The first kappa shape index (κ1) is 21.3. The lowest BCUT2D eigenvalue weighted by Crippen LogP contribution is -2.47. The number of rotatable bonds is 6. The zero-order valence-electron chi connectivity index (χ0n) is 16.2. The van der Waals surface area contributed by atoms with Crippen LogP contribution in [-0.2, 0) is 31.2 Å². The number of sulfone groups is 1. The maximum atomic E-state index is 12.9. The van der Waals surface area contributed by atoms with Gasteiger partial charge >= 0.3 is 0 Å². The fourth-order valence-corrected chi connectivity index (χ4v) is 8.53. The number of nitrogens with zero attached hydrogens (tertiary/aromatic N) is 2. The van der Waals surface area contributed by atoms with E-state index in [1.807, 2.05) is 42.2 Å². The van der Waals surface area contributed by atoms with Gasteiger partial charge in [0.25, 0.3) is 0 Å². The van der Waals surface area contributed by atoms with Gasteiger partial charge in [0.05, 0.1) is 16.8 Å². The lowest BCUT2D eigenvalue weighted by Gasteiger charge is -2.34. The molecule has 0 saturated carbocycles. The van der Waals surface area contributed by atoms with Crippen LogP contribution in [0.5, 0.6) is 0 Å². The molecule has 0 radical (unpaired) electrons. The Morgan fingerprint density at radius 3 is 2.32 bits per heavy atom. The van der Waals surface area contributed by atoms with Crippen molar-refractivity contribution in [2.24, 2.45) is 5.92 Å². The Morgan fingerprint density at radius 1 is 1.14 bits per heavy atom. The molecule has 7 nitrogen and oxygen atoms in total. The summed E-state index contributed by atoms with van der Waals surface area (Å²) in [6.07, 6.45) is 1.12. The minimum absolute atomic E-state index is 0.0587. The molecule has 156 valence electrons. The maximum Gasteiger partial charge on any atom is 0.226 e. The van der Waals surface area contributed by atoms with Crippen LogP contribution >= 0.6 is 0 Å². The first-order chi connectivity index (χ1) is 13.2. The zero-order valence-corrected chi connectivity index (χ0v) is 17.8. The summed E-state index contributed by atoms with van der Waals surface area (Å²) >= 11 is 0. The Labute approximate surface area is 167 Å². The van der Waals surface area contributed by atoms with Gasteiger partial charge in [-0.15, -0.1) is 0 Å². The molecule has 1 aromatic carbocycles. The largest absolute Gasteiger partial charge is 0.338 e. The lowest BCUT2D eigenvalue weighted by molar-refractivity contribution is -0.137. The van der Waals surface area contributed by atoms with Gasteiger partial charge in [0.15, 0.2) is 9.84 Å². The molecule has 2 aliphatic heterocycles. The molecule has 1 unspecified atom stereocenters. The smallest absolute Gasteiger partial charge is 0.226 e. The standard InChI is InChI=1S/C19H28N2O5S2/c1-2-20(14-16-6-4-3-5-7-16)19(22)17-8-11-21(12-9-17)28(25,26)18-10-13-27(23,24)15-18/h3-7,17-18H,2,8-15H2,1H3. The Bertz CT molecular complexity index is 892. The van der Waals surface area contributed by atoms with Crippen LogP contribution in [0, 0.1) is 5.92 Å². The molecule has 1 aromatic rings. The number of piperidine rings is 1. The van der Waals surface area contributed by atoms with Crippen LogP contribution in [0.25, 0.3) is 0 Å². The number of sulfonamides is 1. The fourth-order valence-electron chi connectivity index (χ4n) is 3.97. The molecule has 2 saturated heterocycles. The van der Waals surface area contributed by atoms with Crippen molar-refractivity contribution in [1.29, 1.82) is 0 Å². The Hall–Kier alpha value is -1.45. The van der Waals surface area contributed by atoms with E-state index in [0.29, 0.717) is 25.9 Å². The van der Waals surface area contributed by atoms with Crippen LogP contribution in [0.1, 0.15) is 31.7 Å². The van der Waals surface area contributed by atoms with E-state index in [1.165, 1.54) is 4.31 Å². The lowest BCUT2D eigenvalue weighted by atomic mass is 9.96. The third kappa shape index (κ3) is 4.75. The van der Waals surface area contributed by atoms with Crippen LogP contribution in [0.2, 0.25) is 0 Å². The van der Waals surface area contributed by atoms with Crippen LogP contribution < -0.4 is 0 Å². The summed E-state index contributed by atoms with van der Waals surface area (Å²) in [5, 5.41) is -0.838. The van der Waals surface area contributed by atoms with Gasteiger partial charge < -0.3 is 4.90 Å². The highest BCUT2D eigenvalue weighted by molar-refractivity contribution is 7.95. The summed E-state index contributed by atoms with van der Waals surface area (Å²) in [4.78, 5) is 14.7. The first-order valence-corrected chi connectivity index (χ1v) is 13.1. The summed E-state index contributed by atoms with van der Waals surface area (Å²) in [5.41, 5.74) is 1.07. The molecule has 0 bridgehead atoms. The van der Waals surface area contributed by atoms with Crippen LogP contribution in [0.4, 0.5) is 0 Å². The quantitative estimate of drug-likeness (QED) is 0.680. The van der Waals surface area contributed by atoms with E-state index >= 15 is 0 Å². The predicted molar refractivity (Wildman–Crippen MR) is 108 cm³/mol. The van der Waals surface area contributed by atoms with Crippen molar-refractivity contribution in [2.75, 3.05) is 31.1 Å². The van der Waals surface area contributed by atoms with Crippen molar-refractivity contribution in [1.82, 2.24) is 9.21 Å². The Balaban J connectivity index is 1.59. The van der Waals surface area contributed by atoms with Gasteiger partial charge in [0.1, 0.15) is 0 Å². The molecule has 28 heavy (non-hydrogen) atoms. The fraction of sp³-hybridized carbons (Fsp3) is 0.632. The summed E-state index contributed by atoms with van der Waals surface area (Å²) in [6.45, 7) is 3.65.